The summed E-state index contributed by atoms with van der Waals surface area (Å²) in [6.45, 7) is 4.01. The molecule has 0 saturated carbocycles. The molecule has 11 nitrogen and oxygen atoms in total. The molecule has 1 aliphatic rings. The molecule has 3 amide bonds. The van der Waals surface area contributed by atoms with Gasteiger partial charge in [0, 0.05) is 19.4 Å². The Kier molecular flexibility index (Phi) is 10.2. The number of hydrogen-bond donors (Lipinski definition) is 5. The maximum absolute atomic E-state index is 13.2. The Morgan fingerprint density at radius 2 is 1.71 bits per heavy atom. The van der Waals surface area contributed by atoms with E-state index < -0.39 is 54.3 Å². The quantitative estimate of drug-likeness (QED) is 0.274. The number of likely N-dealkylation sites (tertiary alicyclic amines) is 1. The van der Waals surface area contributed by atoms with Gasteiger partial charge in [0.15, 0.2) is 0 Å². The molecular formula is C24H34N4O7. The zero-order chi connectivity index (χ0) is 26.1. The van der Waals surface area contributed by atoms with Crippen molar-refractivity contribution in [2.45, 2.75) is 70.1 Å². The van der Waals surface area contributed by atoms with Crippen molar-refractivity contribution < 1.29 is 34.2 Å². The standard InChI is InChI=1S/C24H34N4O7/c1-14(2)20(25)23(33)28-12-6-9-18(28)22(32)27-17(13-15-7-4-3-5-8-15)21(31)26-16(24(34)35)10-11-19(29)30/h3-5,7-8,14,16-18,20H,6,9-13,25H2,1-2H3,(H,26,31)(H,27,32)(H,29,30)(H,34,35). The lowest BCUT2D eigenvalue weighted by atomic mass is 10.0. The predicted molar refractivity (Wildman–Crippen MR) is 126 cm³/mol. The number of hydrogen-bond acceptors (Lipinski definition) is 6. The monoisotopic (exact) mass is 490 g/mol. The van der Waals surface area contributed by atoms with E-state index in [1.807, 2.05) is 13.8 Å². The molecular weight excluding hydrogens is 456 g/mol. The molecule has 1 aromatic carbocycles. The average molecular weight is 491 g/mol. The summed E-state index contributed by atoms with van der Waals surface area (Å²) in [7, 11) is 0. The maximum Gasteiger partial charge on any atom is 0.326 e. The first kappa shape index (κ1) is 27.8. The fraction of sp³-hybridized carbons (Fsp3) is 0.542. The molecule has 192 valence electrons. The first-order chi connectivity index (χ1) is 16.5. The van der Waals surface area contributed by atoms with Crippen molar-refractivity contribution in [2.24, 2.45) is 11.7 Å². The molecule has 1 aliphatic heterocycles. The van der Waals surface area contributed by atoms with Crippen LogP contribution in [0.3, 0.4) is 0 Å². The largest absolute Gasteiger partial charge is 0.481 e. The number of nitrogens with two attached hydrogens (primary N) is 1. The molecule has 0 aromatic heterocycles. The van der Waals surface area contributed by atoms with Gasteiger partial charge in [-0.15, -0.1) is 0 Å². The lowest BCUT2D eigenvalue weighted by Crippen LogP contribution is -2.57. The highest BCUT2D eigenvalue weighted by Gasteiger charge is 2.38. The van der Waals surface area contributed by atoms with Gasteiger partial charge in [0.05, 0.1) is 6.04 Å². The van der Waals surface area contributed by atoms with Crippen LogP contribution in [0.2, 0.25) is 0 Å². The van der Waals surface area contributed by atoms with E-state index in [-0.39, 0.29) is 24.7 Å². The maximum atomic E-state index is 13.2. The molecule has 1 saturated heterocycles. The Hall–Kier alpha value is -3.47. The topological polar surface area (TPSA) is 179 Å². The fourth-order valence-electron chi connectivity index (χ4n) is 3.90. The molecule has 0 bridgehead atoms. The van der Waals surface area contributed by atoms with E-state index >= 15 is 0 Å². The van der Waals surface area contributed by atoms with Crippen LogP contribution in [0.1, 0.15) is 45.1 Å². The Balaban J connectivity index is 2.19. The van der Waals surface area contributed by atoms with Crippen LogP contribution in [0.4, 0.5) is 0 Å². The summed E-state index contributed by atoms with van der Waals surface area (Å²) < 4.78 is 0. The minimum atomic E-state index is -1.43. The molecule has 1 heterocycles. The summed E-state index contributed by atoms with van der Waals surface area (Å²) in [6, 6.07) is 4.75. The summed E-state index contributed by atoms with van der Waals surface area (Å²) >= 11 is 0. The first-order valence-electron chi connectivity index (χ1n) is 11.7. The molecule has 11 heteroatoms. The molecule has 1 aromatic rings. The minimum absolute atomic E-state index is 0.0792. The van der Waals surface area contributed by atoms with Gasteiger partial charge in [-0.25, -0.2) is 4.79 Å². The second-order valence-corrected chi connectivity index (χ2v) is 9.04. The molecule has 4 atom stereocenters. The number of benzene rings is 1. The SMILES string of the molecule is CC(C)C(N)C(=O)N1CCCC1C(=O)NC(Cc1ccccc1)C(=O)NC(CCC(=O)O)C(=O)O. The van der Waals surface area contributed by atoms with E-state index in [0.717, 1.165) is 5.56 Å². The summed E-state index contributed by atoms with van der Waals surface area (Å²) in [4.78, 5) is 62.8. The first-order valence-corrected chi connectivity index (χ1v) is 11.7. The van der Waals surface area contributed by atoms with Crippen molar-refractivity contribution in [3.63, 3.8) is 0 Å². The van der Waals surface area contributed by atoms with Crippen LogP contribution in [0.5, 0.6) is 0 Å². The zero-order valence-corrected chi connectivity index (χ0v) is 20.0. The highest BCUT2D eigenvalue weighted by molar-refractivity contribution is 5.94. The van der Waals surface area contributed by atoms with Crippen molar-refractivity contribution in [3.8, 4) is 0 Å². The van der Waals surface area contributed by atoms with E-state index in [9.17, 15) is 29.1 Å². The molecule has 4 unspecified atom stereocenters. The second kappa shape index (κ2) is 12.8. The fourth-order valence-corrected chi connectivity index (χ4v) is 3.90. The molecule has 0 radical (unpaired) electrons. The third-order valence-corrected chi connectivity index (χ3v) is 6.02. The summed E-state index contributed by atoms with van der Waals surface area (Å²) in [6.07, 6.45) is 0.358. The van der Waals surface area contributed by atoms with Crippen molar-refractivity contribution in [3.05, 3.63) is 35.9 Å². The van der Waals surface area contributed by atoms with E-state index in [1.54, 1.807) is 30.3 Å². The number of carboxylic acids is 2. The highest BCUT2D eigenvalue weighted by Crippen LogP contribution is 2.20. The zero-order valence-electron chi connectivity index (χ0n) is 20.0. The van der Waals surface area contributed by atoms with Gasteiger partial charge < -0.3 is 31.5 Å². The third kappa shape index (κ3) is 8.06. The van der Waals surface area contributed by atoms with Crippen molar-refractivity contribution in [2.75, 3.05) is 6.54 Å². The second-order valence-electron chi connectivity index (χ2n) is 9.04. The van der Waals surface area contributed by atoms with Gasteiger partial charge in [0.25, 0.3) is 0 Å². The Morgan fingerprint density at radius 1 is 1.06 bits per heavy atom. The number of carbonyl (C=O) groups is 5. The van der Waals surface area contributed by atoms with E-state index in [2.05, 4.69) is 10.6 Å². The lowest BCUT2D eigenvalue weighted by Gasteiger charge is -2.29. The van der Waals surface area contributed by atoms with E-state index in [1.165, 1.54) is 4.90 Å². The molecule has 2 rings (SSSR count). The molecule has 0 aliphatic carbocycles. The molecule has 35 heavy (non-hydrogen) atoms. The number of carbonyl (C=O) groups excluding carboxylic acids is 3. The molecule has 1 fully saturated rings. The number of carboxylic acid groups (broad SMARTS) is 2. The predicted octanol–water partition coefficient (Wildman–Crippen LogP) is 0.122. The van der Waals surface area contributed by atoms with Crippen LogP contribution in [0.15, 0.2) is 30.3 Å². The van der Waals surface area contributed by atoms with Crippen molar-refractivity contribution >= 4 is 29.7 Å². The molecule has 6 N–H and O–H groups in total. The van der Waals surface area contributed by atoms with Crippen LogP contribution in [-0.2, 0) is 30.4 Å². The van der Waals surface area contributed by atoms with E-state index in [0.29, 0.717) is 19.4 Å². The van der Waals surface area contributed by atoms with Gasteiger partial charge >= 0.3 is 11.9 Å². The van der Waals surface area contributed by atoms with E-state index in [4.69, 9.17) is 10.8 Å². The highest BCUT2D eigenvalue weighted by atomic mass is 16.4. The van der Waals surface area contributed by atoms with Crippen molar-refractivity contribution in [1.29, 1.82) is 0 Å². The van der Waals surface area contributed by atoms with Gasteiger partial charge in [0.1, 0.15) is 18.1 Å². The summed E-state index contributed by atoms with van der Waals surface area (Å²) in [5.41, 5.74) is 6.73. The Bertz CT molecular complexity index is 922. The normalized spacial score (nSPS) is 17.9. The number of aliphatic carboxylic acids is 2. The van der Waals surface area contributed by atoms with Gasteiger partial charge in [-0.3, -0.25) is 19.2 Å². The van der Waals surface area contributed by atoms with Crippen LogP contribution in [-0.4, -0.2) is 75.5 Å². The smallest absolute Gasteiger partial charge is 0.326 e. The Morgan fingerprint density at radius 3 is 2.29 bits per heavy atom. The minimum Gasteiger partial charge on any atom is -0.481 e. The van der Waals surface area contributed by atoms with Crippen LogP contribution < -0.4 is 16.4 Å². The summed E-state index contributed by atoms with van der Waals surface area (Å²) in [5.74, 6) is -4.29. The number of amides is 3. The van der Waals surface area contributed by atoms with Crippen LogP contribution >= 0.6 is 0 Å². The van der Waals surface area contributed by atoms with Gasteiger partial charge in [0.2, 0.25) is 17.7 Å². The average Bonchev–Trinajstić information content (AvgIpc) is 3.30. The number of nitrogens with one attached hydrogen (secondary N) is 2. The number of rotatable bonds is 12. The van der Waals surface area contributed by atoms with Crippen LogP contribution in [0.25, 0.3) is 0 Å². The van der Waals surface area contributed by atoms with Gasteiger partial charge in [-0.05, 0) is 30.7 Å². The third-order valence-electron chi connectivity index (χ3n) is 6.02. The Labute approximate surface area is 204 Å². The summed E-state index contributed by atoms with van der Waals surface area (Å²) in [5, 5.41) is 23.3. The number of nitrogens with zero attached hydrogens (tertiary/aromatic N) is 1. The van der Waals surface area contributed by atoms with Gasteiger partial charge in [-0.1, -0.05) is 44.2 Å². The lowest BCUT2D eigenvalue weighted by molar-refractivity contribution is -0.144. The molecule has 0 spiro atoms. The van der Waals surface area contributed by atoms with Gasteiger partial charge in [-0.2, -0.15) is 0 Å². The van der Waals surface area contributed by atoms with Crippen molar-refractivity contribution in [1.82, 2.24) is 15.5 Å². The van der Waals surface area contributed by atoms with Crippen LogP contribution in [0, 0.1) is 5.92 Å².